The highest BCUT2D eigenvalue weighted by molar-refractivity contribution is 7.25. The fraction of sp³-hybridized carbons (Fsp3) is 0.100. The molecule has 0 saturated carbocycles. The standard InChI is InChI=1S/C20H14N2O4S2/c1-25-9-3-5-11-13(7-9)27-19-15(21-11)18(24)20-16(17(19)23)22-12-6-4-10(26-2)8-14(12)28-20/h3-8,21-22H,1-2H3. The van der Waals surface area contributed by atoms with Crippen molar-refractivity contribution in [1.82, 2.24) is 9.97 Å². The van der Waals surface area contributed by atoms with Gasteiger partial charge in [0.25, 0.3) is 0 Å². The second-order valence-corrected chi connectivity index (χ2v) is 8.35. The van der Waals surface area contributed by atoms with E-state index in [1.54, 1.807) is 14.2 Å². The molecule has 6 nitrogen and oxygen atoms in total. The topological polar surface area (TPSA) is 84.2 Å². The third-order valence-corrected chi connectivity index (χ3v) is 6.94. The summed E-state index contributed by atoms with van der Waals surface area (Å²) < 4.78 is 13.0. The van der Waals surface area contributed by atoms with E-state index in [-0.39, 0.29) is 10.9 Å². The summed E-state index contributed by atoms with van der Waals surface area (Å²) in [6.45, 7) is 0. The number of rotatable bonds is 2. The van der Waals surface area contributed by atoms with E-state index < -0.39 is 0 Å². The van der Waals surface area contributed by atoms with Crippen LogP contribution in [-0.4, -0.2) is 24.2 Å². The SMILES string of the molecule is COc1ccc2[nH]c3c(=O)c4sc5cc(OC)ccc5[nH]c4c(=O)c3sc2c1. The van der Waals surface area contributed by atoms with Crippen molar-refractivity contribution >= 4 is 63.5 Å². The van der Waals surface area contributed by atoms with Gasteiger partial charge in [-0.2, -0.15) is 0 Å². The van der Waals surface area contributed by atoms with E-state index >= 15 is 0 Å². The monoisotopic (exact) mass is 410 g/mol. The van der Waals surface area contributed by atoms with Gasteiger partial charge in [-0.3, -0.25) is 9.59 Å². The molecule has 28 heavy (non-hydrogen) atoms. The normalized spacial score (nSPS) is 11.5. The van der Waals surface area contributed by atoms with Crippen LogP contribution in [0.5, 0.6) is 11.5 Å². The maximum absolute atomic E-state index is 13.2. The second kappa shape index (κ2) is 6.22. The van der Waals surface area contributed by atoms with Crippen LogP contribution in [0.3, 0.4) is 0 Å². The fourth-order valence-electron chi connectivity index (χ4n) is 3.21. The van der Waals surface area contributed by atoms with Gasteiger partial charge < -0.3 is 19.4 Å². The quantitative estimate of drug-likeness (QED) is 0.423. The highest BCUT2D eigenvalue weighted by Crippen LogP contribution is 2.30. The molecule has 140 valence electrons. The summed E-state index contributed by atoms with van der Waals surface area (Å²) in [4.78, 5) is 32.6. The van der Waals surface area contributed by atoms with Crippen molar-refractivity contribution in [2.45, 2.75) is 0 Å². The summed E-state index contributed by atoms with van der Waals surface area (Å²) in [6.07, 6.45) is 0. The van der Waals surface area contributed by atoms with Crippen LogP contribution in [-0.2, 0) is 0 Å². The molecule has 8 heteroatoms. The average molecular weight is 410 g/mol. The van der Waals surface area contributed by atoms with Crippen molar-refractivity contribution < 1.29 is 9.47 Å². The summed E-state index contributed by atoms with van der Waals surface area (Å²) in [5, 5.41) is 0. The lowest BCUT2D eigenvalue weighted by Crippen LogP contribution is -2.14. The first kappa shape index (κ1) is 17.0. The molecule has 0 aliphatic heterocycles. The van der Waals surface area contributed by atoms with Gasteiger partial charge in [-0.25, -0.2) is 0 Å². The van der Waals surface area contributed by atoms with Gasteiger partial charge in [0.15, 0.2) is 0 Å². The predicted octanol–water partition coefficient (Wildman–Crippen LogP) is 4.38. The molecule has 2 N–H and O–H groups in total. The fourth-order valence-corrected chi connectivity index (χ4v) is 5.34. The van der Waals surface area contributed by atoms with Gasteiger partial charge in [0.05, 0.1) is 34.7 Å². The molecule has 0 amide bonds. The van der Waals surface area contributed by atoms with E-state index in [1.807, 2.05) is 36.4 Å². The maximum Gasteiger partial charge on any atom is 0.222 e. The number of hydrogen-bond donors (Lipinski definition) is 2. The first-order valence-corrected chi connectivity index (χ1v) is 10.1. The number of hydrogen-bond acceptors (Lipinski definition) is 6. The molecule has 2 heterocycles. The van der Waals surface area contributed by atoms with E-state index in [0.717, 1.165) is 20.4 Å². The Hall–Kier alpha value is -3.10. The van der Waals surface area contributed by atoms with Crippen LogP contribution >= 0.6 is 22.7 Å². The first-order valence-electron chi connectivity index (χ1n) is 8.43. The third-order valence-electron chi connectivity index (χ3n) is 4.64. The van der Waals surface area contributed by atoms with Crippen LogP contribution in [0.4, 0.5) is 0 Å². The lowest BCUT2D eigenvalue weighted by atomic mass is 10.2. The second-order valence-electron chi connectivity index (χ2n) is 6.24. The maximum atomic E-state index is 13.2. The number of nitrogens with one attached hydrogen (secondary N) is 2. The highest BCUT2D eigenvalue weighted by atomic mass is 32.1. The number of ether oxygens (including phenoxy) is 2. The smallest absolute Gasteiger partial charge is 0.222 e. The Morgan fingerprint density at radius 2 is 1.14 bits per heavy atom. The van der Waals surface area contributed by atoms with Gasteiger partial charge >= 0.3 is 0 Å². The number of fused-ring (bicyclic) bond motifs is 4. The molecule has 0 fully saturated rings. The van der Waals surface area contributed by atoms with Crippen LogP contribution in [0, 0.1) is 0 Å². The molecule has 5 aromatic rings. The molecular formula is C20H14N2O4S2. The zero-order valence-electron chi connectivity index (χ0n) is 14.9. The van der Waals surface area contributed by atoms with Crippen LogP contribution in [0.1, 0.15) is 0 Å². The Balaban J connectivity index is 1.94. The minimum Gasteiger partial charge on any atom is -0.497 e. The van der Waals surface area contributed by atoms with Crippen LogP contribution < -0.4 is 20.3 Å². The zero-order valence-corrected chi connectivity index (χ0v) is 16.5. The van der Waals surface area contributed by atoms with Crippen molar-refractivity contribution in [3.63, 3.8) is 0 Å². The number of aromatic nitrogens is 2. The Labute approximate surface area is 165 Å². The van der Waals surface area contributed by atoms with Crippen LogP contribution in [0.25, 0.3) is 40.9 Å². The summed E-state index contributed by atoms with van der Waals surface area (Å²) >= 11 is 2.58. The summed E-state index contributed by atoms with van der Waals surface area (Å²) in [5.74, 6) is 1.39. The minimum absolute atomic E-state index is 0.190. The number of aromatic amines is 2. The van der Waals surface area contributed by atoms with E-state index in [4.69, 9.17) is 9.47 Å². The Morgan fingerprint density at radius 3 is 1.54 bits per heavy atom. The average Bonchev–Trinajstić information content (AvgIpc) is 2.74. The highest BCUT2D eigenvalue weighted by Gasteiger charge is 2.15. The van der Waals surface area contributed by atoms with Gasteiger partial charge in [0, 0.05) is 0 Å². The van der Waals surface area contributed by atoms with E-state index in [0.29, 0.717) is 31.9 Å². The van der Waals surface area contributed by atoms with Crippen LogP contribution in [0.2, 0.25) is 0 Å². The zero-order chi connectivity index (χ0) is 19.4. The van der Waals surface area contributed by atoms with Gasteiger partial charge in [-0.05, 0) is 36.4 Å². The molecule has 0 aliphatic rings. The third kappa shape index (κ3) is 2.45. The van der Waals surface area contributed by atoms with Crippen molar-refractivity contribution in [3.05, 3.63) is 56.8 Å². The van der Waals surface area contributed by atoms with Gasteiger partial charge in [0.2, 0.25) is 10.9 Å². The molecule has 0 atom stereocenters. The van der Waals surface area contributed by atoms with E-state index in [1.165, 1.54) is 22.7 Å². The van der Waals surface area contributed by atoms with Gasteiger partial charge in [-0.15, -0.1) is 22.7 Å². The van der Waals surface area contributed by atoms with Crippen molar-refractivity contribution in [3.8, 4) is 11.5 Å². The van der Waals surface area contributed by atoms with E-state index in [2.05, 4.69) is 9.97 Å². The number of methoxy groups -OCH3 is 2. The first-order chi connectivity index (χ1) is 13.6. The predicted molar refractivity (Wildman–Crippen MR) is 115 cm³/mol. The van der Waals surface area contributed by atoms with Crippen molar-refractivity contribution in [2.24, 2.45) is 0 Å². The molecule has 0 spiro atoms. The molecule has 3 aromatic carbocycles. The lowest BCUT2D eigenvalue weighted by Gasteiger charge is -2.07. The molecule has 2 aromatic heterocycles. The van der Waals surface area contributed by atoms with E-state index in [9.17, 15) is 9.59 Å². The minimum atomic E-state index is -0.190. The number of H-pyrrole nitrogens is 2. The number of benzene rings is 3. The van der Waals surface area contributed by atoms with Gasteiger partial charge in [0.1, 0.15) is 31.9 Å². The largest absolute Gasteiger partial charge is 0.497 e. The van der Waals surface area contributed by atoms with Gasteiger partial charge in [-0.1, -0.05) is 0 Å². The van der Waals surface area contributed by atoms with Crippen molar-refractivity contribution in [2.75, 3.05) is 14.2 Å². The molecular weight excluding hydrogens is 396 g/mol. The molecule has 0 unspecified atom stereocenters. The Morgan fingerprint density at radius 1 is 0.714 bits per heavy atom. The Bertz CT molecular complexity index is 1420. The molecule has 0 aliphatic carbocycles. The summed E-state index contributed by atoms with van der Waals surface area (Å²) in [7, 11) is 3.19. The molecule has 0 bridgehead atoms. The molecule has 0 radical (unpaired) electrons. The molecule has 0 saturated heterocycles. The van der Waals surface area contributed by atoms with Crippen LogP contribution in [0.15, 0.2) is 46.0 Å². The Kier molecular flexibility index (Phi) is 3.78. The van der Waals surface area contributed by atoms with Crippen molar-refractivity contribution in [1.29, 1.82) is 0 Å². The summed E-state index contributed by atoms with van der Waals surface area (Å²) in [6, 6.07) is 11.0. The lowest BCUT2D eigenvalue weighted by molar-refractivity contribution is 0.415. The summed E-state index contributed by atoms with van der Waals surface area (Å²) in [5.41, 5.74) is 1.84. The molecule has 5 rings (SSSR count).